The Kier molecular flexibility index (Phi) is 5.05. The van der Waals surface area contributed by atoms with Gasteiger partial charge >= 0.3 is 0 Å². The van der Waals surface area contributed by atoms with Crippen molar-refractivity contribution in [3.8, 4) is 5.75 Å². The van der Waals surface area contributed by atoms with Gasteiger partial charge in [0, 0.05) is 13.2 Å². The molecule has 98 valence electrons. The number of halogens is 1. The Bertz CT molecular complexity index is 414. The Balaban J connectivity index is 2.02. The fraction of sp³-hybridized carbons (Fsp3) is 0.429. The predicted molar refractivity (Wildman–Crippen MR) is 74.0 cm³/mol. The van der Waals surface area contributed by atoms with Crippen molar-refractivity contribution in [3.63, 3.8) is 0 Å². The Morgan fingerprint density at radius 3 is 3.06 bits per heavy atom. The van der Waals surface area contributed by atoms with Gasteiger partial charge in [0.2, 0.25) is 0 Å². The van der Waals surface area contributed by atoms with Crippen molar-refractivity contribution in [2.45, 2.75) is 18.9 Å². The smallest absolute Gasteiger partial charge is 0.138 e. The van der Waals surface area contributed by atoms with E-state index in [4.69, 9.17) is 26.8 Å². The summed E-state index contributed by atoms with van der Waals surface area (Å²) >= 11 is 6.20. The monoisotopic (exact) mass is 267 g/mol. The fourth-order valence-electron chi connectivity index (χ4n) is 1.90. The molecule has 1 saturated heterocycles. The van der Waals surface area contributed by atoms with Crippen molar-refractivity contribution in [2.75, 3.05) is 19.8 Å². The molecule has 1 heterocycles. The summed E-state index contributed by atoms with van der Waals surface area (Å²) < 4.78 is 11.2. The van der Waals surface area contributed by atoms with E-state index in [1.54, 1.807) is 0 Å². The summed E-state index contributed by atoms with van der Waals surface area (Å²) in [6.45, 7) is 2.00. The van der Waals surface area contributed by atoms with Gasteiger partial charge in [-0.3, -0.25) is 0 Å². The molecule has 0 saturated carbocycles. The molecule has 3 nitrogen and oxygen atoms in total. The molecule has 4 heteroatoms. The third-order valence-electron chi connectivity index (χ3n) is 2.81. The van der Waals surface area contributed by atoms with E-state index in [2.05, 4.69) is 0 Å². The molecule has 2 rings (SSSR count). The highest BCUT2D eigenvalue weighted by molar-refractivity contribution is 6.32. The SMILES string of the molecule is NC/C=C/c1ccc(OC2CCCOC2)c(Cl)c1. The van der Waals surface area contributed by atoms with Crippen molar-refractivity contribution in [1.29, 1.82) is 0 Å². The van der Waals surface area contributed by atoms with E-state index in [0.717, 1.165) is 30.8 Å². The first-order valence-corrected chi connectivity index (χ1v) is 6.58. The van der Waals surface area contributed by atoms with Crippen LogP contribution < -0.4 is 10.5 Å². The molecule has 0 spiro atoms. The second-order valence-corrected chi connectivity index (χ2v) is 4.69. The molecule has 1 aromatic carbocycles. The third kappa shape index (κ3) is 3.73. The van der Waals surface area contributed by atoms with Crippen LogP contribution in [0.25, 0.3) is 6.08 Å². The van der Waals surface area contributed by atoms with Crippen LogP contribution in [0.1, 0.15) is 18.4 Å². The predicted octanol–water partition coefficient (Wildman–Crippen LogP) is 2.87. The molecular weight excluding hydrogens is 250 g/mol. The van der Waals surface area contributed by atoms with Gasteiger partial charge in [-0.2, -0.15) is 0 Å². The second-order valence-electron chi connectivity index (χ2n) is 4.28. The Labute approximate surface area is 113 Å². The number of hydrogen-bond acceptors (Lipinski definition) is 3. The minimum Gasteiger partial charge on any atom is -0.486 e. The average molecular weight is 268 g/mol. The number of benzene rings is 1. The molecule has 0 amide bonds. The fourth-order valence-corrected chi connectivity index (χ4v) is 2.14. The lowest BCUT2D eigenvalue weighted by Crippen LogP contribution is -2.28. The van der Waals surface area contributed by atoms with Gasteiger partial charge in [-0.25, -0.2) is 0 Å². The molecule has 0 radical (unpaired) electrons. The van der Waals surface area contributed by atoms with Crippen LogP contribution in [0.3, 0.4) is 0 Å². The van der Waals surface area contributed by atoms with Crippen LogP contribution in [0.2, 0.25) is 5.02 Å². The average Bonchev–Trinajstić information content (AvgIpc) is 2.40. The molecule has 18 heavy (non-hydrogen) atoms. The third-order valence-corrected chi connectivity index (χ3v) is 3.11. The topological polar surface area (TPSA) is 44.5 Å². The van der Waals surface area contributed by atoms with E-state index in [-0.39, 0.29) is 6.10 Å². The van der Waals surface area contributed by atoms with Gasteiger partial charge in [0.25, 0.3) is 0 Å². The van der Waals surface area contributed by atoms with Crippen molar-refractivity contribution >= 4 is 17.7 Å². The van der Waals surface area contributed by atoms with Crippen LogP contribution in [-0.2, 0) is 4.74 Å². The zero-order valence-corrected chi connectivity index (χ0v) is 11.0. The molecule has 0 aromatic heterocycles. The number of ether oxygens (including phenoxy) is 2. The quantitative estimate of drug-likeness (QED) is 0.912. The first-order chi connectivity index (χ1) is 8.79. The summed E-state index contributed by atoms with van der Waals surface area (Å²) in [5, 5.41) is 0.625. The standard InChI is InChI=1S/C14H18ClNO2/c15-13-9-11(3-1-7-16)5-6-14(13)18-12-4-2-8-17-10-12/h1,3,5-6,9,12H,2,4,7-8,10,16H2/b3-1+. The maximum absolute atomic E-state index is 6.20. The van der Waals surface area contributed by atoms with Gasteiger partial charge in [-0.15, -0.1) is 0 Å². The largest absolute Gasteiger partial charge is 0.486 e. The van der Waals surface area contributed by atoms with Crippen LogP contribution >= 0.6 is 11.6 Å². The Hall–Kier alpha value is -1.03. The van der Waals surface area contributed by atoms with E-state index in [9.17, 15) is 0 Å². The highest BCUT2D eigenvalue weighted by Gasteiger charge is 2.16. The minimum absolute atomic E-state index is 0.113. The van der Waals surface area contributed by atoms with E-state index in [0.29, 0.717) is 18.2 Å². The number of hydrogen-bond donors (Lipinski definition) is 1. The molecule has 0 bridgehead atoms. The van der Waals surface area contributed by atoms with Gasteiger partial charge in [0.1, 0.15) is 11.9 Å². The normalized spacial score (nSPS) is 20.2. The van der Waals surface area contributed by atoms with Crippen LogP contribution in [0.15, 0.2) is 24.3 Å². The van der Waals surface area contributed by atoms with Crippen LogP contribution in [0.4, 0.5) is 0 Å². The molecule has 1 aromatic rings. The molecule has 1 fully saturated rings. The van der Waals surface area contributed by atoms with Gasteiger partial charge in [-0.05, 0) is 30.5 Å². The summed E-state index contributed by atoms with van der Waals surface area (Å²) in [5.74, 6) is 0.720. The van der Waals surface area contributed by atoms with Gasteiger partial charge in [-0.1, -0.05) is 29.8 Å². The second kappa shape index (κ2) is 6.78. The summed E-state index contributed by atoms with van der Waals surface area (Å²) in [7, 11) is 0. The van der Waals surface area contributed by atoms with E-state index >= 15 is 0 Å². The molecule has 2 N–H and O–H groups in total. The molecular formula is C14H18ClNO2. The van der Waals surface area contributed by atoms with Gasteiger partial charge < -0.3 is 15.2 Å². The maximum atomic E-state index is 6.20. The Morgan fingerprint density at radius 1 is 1.50 bits per heavy atom. The lowest BCUT2D eigenvalue weighted by Gasteiger charge is -2.23. The lowest BCUT2D eigenvalue weighted by molar-refractivity contribution is 0.00747. The summed E-state index contributed by atoms with van der Waals surface area (Å²) in [6, 6.07) is 5.75. The molecule has 1 aliphatic rings. The highest BCUT2D eigenvalue weighted by Crippen LogP contribution is 2.28. The van der Waals surface area contributed by atoms with Crippen molar-refractivity contribution < 1.29 is 9.47 Å². The molecule has 1 unspecified atom stereocenters. The van der Waals surface area contributed by atoms with E-state index in [1.807, 2.05) is 30.4 Å². The van der Waals surface area contributed by atoms with Crippen molar-refractivity contribution in [3.05, 3.63) is 34.9 Å². The molecule has 1 atom stereocenters. The van der Waals surface area contributed by atoms with E-state index in [1.165, 1.54) is 0 Å². The maximum Gasteiger partial charge on any atom is 0.138 e. The molecule has 0 aliphatic carbocycles. The van der Waals surface area contributed by atoms with Gasteiger partial charge in [0.05, 0.1) is 11.6 Å². The zero-order chi connectivity index (χ0) is 12.8. The highest BCUT2D eigenvalue weighted by atomic mass is 35.5. The summed E-state index contributed by atoms with van der Waals surface area (Å²) in [5.41, 5.74) is 6.44. The van der Waals surface area contributed by atoms with Gasteiger partial charge in [0.15, 0.2) is 0 Å². The summed E-state index contributed by atoms with van der Waals surface area (Å²) in [4.78, 5) is 0. The number of nitrogens with two attached hydrogens (primary N) is 1. The summed E-state index contributed by atoms with van der Waals surface area (Å²) in [6.07, 6.45) is 6.01. The Morgan fingerprint density at radius 2 is 2.39 bits per heavy atom. The first-order valence-electron chi connectivity index (χ1n) is 6.20. The van der Waals surface area contributed by atoms with Crippen molar-refractivity contribution in [2.24, 2.45) is 5.73 Å². The minimum atomic E-state index is 0.113. The lowest BCUT2D eigenvalue weighted by atomic mass is 10.1. The van der Waals surface area contributed by atoms with Crippen LogP contribution in [0.5, 0.6) is 5.75 Å². The first kappa shape index (κ1) is 13.4. The van der Waals surface area contributed by atoms with Crippen LogP contribution in [0, 0.1) is 0 Å². The zero-order valence-electron chi connectivity index (χ0n) is 10.3. The molecule has 1 aliphatic heterocycles. The number of rotatable bonds is 4. The van der Waals surface area contributed by atoms with E-state index < -0.39 is 0 Å². The van der Waals surface area contributed by atoms with Crippen LogP contribution in [-0.4, -0.2) is 25.9 Å². The van der Waals surface area contributed by atoms with Crippen molar-refractivity contribution in [1.82, 2.24) is 0 Å².